The van der Waals surface area contributed by atoms with Gasteiger partial charge in [-0.3, -0.25) is 13.9 Å². The number of carbonyl (C=O) groups is 2. The minimum atomic E-state index is -3.96. The summed E-state index contributed by atoms with van der Waals surface area (Å²) in [6.07, 6.45) is 5.16. The number of ether oxygens (including phenoxy) is 2. The molecule has 230 valence electrons. The average Bonchev–Trinajstić information content (AvgIpc) is 3.50. The molecule has 1 aliphatic carbocycles. The maximum absolute atomic E-state index is 14.3. The van der Waals surface area contributed by atoms with Crippen LogP contribution in [0.3, 0.4) is 0 Å². The van der Waals surface area contributed by atoms with E-state index in [4.69, 9.17) is 9.47 Å². The molecule has 0 spiro atoms. The van der Waals surface area contributed by atoms with Gasteiger partial charge in [0.1, 0.15) is 24.1 Å². The number of sulfonamides is 1. The molecule has 1 atom stereocenters. The molecule has 0 heterocycles. The van der Waals surface area contributed by atoms with Gasteiger partial charge in [0.2, 0.25) is 21.8 Å². The van der Waals surface area contributed by atoms with Crippen LogP contribution >= 0.6 is 15.9 Å². The molecule has 2 amide bonds. The van der Waals surface area contributed by atoms with E-state index in [0.29, 0.717) is 5.75 Å². The first kappa shape index (κ1) is 32.3. The molecule has 43 heavy (non-hydrogen) atoms. The molecule has 1 aliphatic rings. The van der Waals surface area contributed by atoms with Gasteiger partial charge < -0.3 is 19.7 Å². The van der Waals surface area contributed by atoms with Gasteiger partial charge in [0.15, 0.2) is 0 Å². The highest BCUT2D eigenvalue weighted by Crippen LogP contribution is 2.34. The van der Waals surface area contributed by atoms with Crippen LogP contribution in [0.2, 0.25) is 0 Å². The third kappa shape index (κ3) is 8.73. The highest BCUT2D eigenvalue weighted by Gasteiger charge is 2.35. The fourth-order valence-electron chi connectivity index (χ4n) is 5.34. The Labute approximate surface area is 262 Å². The lowest BCUT2D eigenvalue weighted by Crippen LogP contribution is -2.54. The predicted molar refractivity (Wildman–Crippen MR) is 171 cm³/mol. The molecule has 4 rings (SSSR count). The molecule has 0 bridgehead atoms. The number of halogens is 1. The zero-order chi connectivity index (χ0) is 31.0. The summed E-state index contributed by atoms with van der Waals surface area (Å²) in [6, 6.07) is 20.9. The van der Waals surface area contributed by atoms with E-state index < -0.39 is 28.5 Å². The number of amides is 2. The van der Waals surface area contributed by atoms with E-state index in [1.54, 1.807) is 12.1 Å². The lowest BCUT2D eigenvalue weighted by Gasteiger charge is -2.34. The van der Waals surface area contributed by atoms with Crippen LogP contribution in [-0.4, -0.2) is 64.2 Å². The molecule has 1 fully saturated rings. The smallest absolute Gasteiger partial charge is 0.244 e. The van der Waals surface area contributed by atoms with Crippen LogP contribution in [0.15, 0.2) is 77.3 Å². The van der Waals surface area contributed by atoms with Crippen molar-refractivity contribution in [2.45, 2.75) is 50.7 Å². The first-order chi connectivity index (χ1) is 20.6. The Morgan fingerprint density at radius 1 is 0.953 bits per heavy atom. The van der Waals surface area contributed by atoms with Crippen LogP contribution in [0.1, 0.15) is 36.8 Å². The summed E-state index contributed by atoms with van der Waals surface area (Å²) >= 11 is 3.50. The number of nitrogens with one attached hydrogen (secondary N) is 1. The molecule has 9 nitrogen and oxygen atoms in total. The number of hydrogen-bond donors (Lipinski definition) is 1. The van der Waals surface area contributed by atoms with Crippen molar-refractivity contribution >= 4 is 43.5 Å². The summed E-state index contributed by atoms with van der Waals surface area (Å²) in [7, 11) is -1.07. The molecule has 1 N–H and O–H groups in total. The summed E-state index contributed by atoms with van der Waals surface area (Å²) in [5.41, 5.74) is 1.84. The number of benzene rings is 3. The molecule has 0 unspecified atom stereocenters. The van der Waals surface area contributed by atoms with E-state index in [1.165, 1.54) is 25.2 Å². The lowest BCUT2D eigenvalue weighted by molar-refractivity contribution is -0.140. The molecule has 3 aromatic carbocycles. The highest BCUT2D eigenvalue weighted by atomic mass is 79.9. The van der Waals surface area contributed by atoms with E-state index in [9.17, 15) is 18.0 Å². The van der Waals surface area contributed by atoms with Gasteiger partial charge in [-0.05, 0) is 48.2 Å². The van der Waals surface area contributed by atoms with Crippen molar-refractivity contribution in [3.63, 3.8) is 0 Å². The molecule has 11 heteroatoms. The maximum Gasteiger partial charge on any atom is 0.244 e. The second-order valence-electron chi connectivity index (χ2n) is 10.7. The van der Waals surface area contributed by atoms with Gasteiger partial charge in [0.25, 0.3) is 0 Å². The van der Waals surface area contributed by atoms with Gasteiger partial charge in [-0.25, -0.2) is 8.42 Å². The minimum absolute atomic E-state index is 0.0437. The normalized spacial score (nSPS) is 14.1. The van der Waals surface area contributed by atoms with Crippen molar-refractivity contribution in [1.29, 1.82) is 0 Å². The van der Waals surface area contributed by atoms with Crippen LogP contribution < -0.4 is 19.1 Å². The molecule has 0 saturated heterocycles. The fraction of sp³-hybridized carbons (Fsp3) is 0.375. The van der Waals surface area contributed by atoms with Crippen LogP contribution in [0, 0.1) is 0 Å². The SMILES string of the molecule is COc1ccc(OC)c(N(CC(=O)N(Cc2cccc(Br)c2)[C@@H](Cc2ccccc2)C(=O)NC2CCCC2)S(C)(=O)=O)c1. The molecule has 1 saturated carbocycles. The summed E-state index contributed by atoms with van der Waals surface area (Å²) in [4.78, 5) is 29.8. The Kier molecular flexibility index (Phi) is 11.1. The topological polar surface area (TPSA) is 105 Å². The molecule has 0 aliphatic heterocycles. The first-order valence-corrected chi connectivity index (χ1v) is 16.8. The van der Waals surface area contributed by atoms with E-state index in [-0.39, 0.29) is 36.4 Å². The number of hydrogen-bond acceptors (Lipinski definition) is 6. The fourth-order valence-corrected chi connectivity index (χ4v) is 6.63. The summed E-state index contributed by atoms with van der Waals surface area (Å²) in [6.45, 7) is -0.445. The van der Waals surface area contributed by atoms with E-state index in [0.717, 1.165) is 51.8 Å². The highest BCUT2D eigenvalue weighted by molar-refractivity contribution is 9.10. The Morgan fingerprint density at radius 2 is 1.65 bits per heavy atom. The number of anilines is 1. The van der Waals surface area contributed by atoms with Crippen LogP contribution in [0.5, 0.6) is 11.5 Å². The van der Waals surface area contributed by atoms with E-state index in [2.05, 4.69) is 21.2 Å². The summed E-state index contributed by atoms with van der Waals surface area (Å²) < 4.78 is 38.9. The first-order valence-electron chi connectivity index (χ1n) is 14.2. The van der Waals surface area contributed by atoms with Crippen LogP contribution in [0.25, 0.3) is 0 Å². The van der Waals surface area contributed by atoms with E-state index in [1.807, 2.05) is 54.6 Å². The van der Waals surface area contributed by atoms with Crippen molar-refractivity contribution in [3.05, 3.63) is 88.4 Å². The van der Waals surface area contributed by atoms with Gasteiger partial charge >= 0.3 is 0 Å². The van der Waals surface area contributed by atoms with Crippen LogP contribution in [-0.2, 0) is 32.6 Å². The van der Waals surface area contributed by atoms with Gasteiger partial charge in [-0.2, -0.15) is 0 Å². The third-order valence-electron chi connectivity index (χ3n) is 7.55. The van der Waals surface area contributed by atoms with Crippen LogP contribution in [0.4, 0.5) is 5.69 Å². The predicted octanol–water partition coefficient (Wildman–Crippen LogP) is 4.93. The number of nitrogens with zero attached hydrogens (tertiary/aromatic N) is 2. The zero-order valence-corrected chi connectivity index (χ0v) is 27.1. The average molecular weight is 673 g/mol. The second kappa shape index (κ2) is 14.7. The molecule has 0 radical (unpaired) electrons. The monoisotopic (exact) mass is 671 g/mol. The molecular formula is C32H38BrN3O6S. The maximum atomic E-state index is 14.3. The van der Waals surface area contributed by atoms with E-state index >= 15 is 0 Å². The minimum Gasteiger partial charge on any atom is -0.497 e. The Balaban J connectivity index is 1.76. The number of carbonyl (C=O) groups excluding carboxylic acids is 2. The summed E-state index contributed by atoms with van der Waals surface area (Å²) in [5, 5.41) is 3.17. The number of methoxy groups -OCH3 is 2. The Morgan fingerprint density at radius 3 is 2.28 bits per heavy atom. The van der Waals surface area contributed by atoms with Crippen molar-refractivity contribution < 1.29 is 27.5 Å². The number of rotatable bonds is 13. The van der Waals surface area contributed by atoms with Gasteiger partial charge in [-0.15, -0.1) is 0 Å². The lowest BCUT2D eigenvalue weighted by atomic mass is 10.0. The second-order valence-corrected chi connectivity index (χ2v) is 13.5. The van der Waals surface area contributed by atoms with Crippen molar-refractivity contribution in [2.75, 3.05) is 31.3 Å². The Hall–Kier alpha value is -3.57. The third-order valence-corrected chi connectivity index (χ3v) is 9.17. The van der Waals surface area contributed by atoms with Gasteiger partial charge in [0.05, 0.1) is 26.2 Å². The quantitative estimate of drug-likeness (QED) is 0.276. The van der Waals surface area contributed by atoms with Gasteiger partial charge in [0, 0.05) is 29.5 Å². The van der Waals surface area contributed by atoms with Crippen molar-refractivity contribution in [2.24, 2.45) is 0 Å². The molecule has 3 aromatic rings. The summed E-state index contributed by atoms with van der Waals surface area (Å²) in [5.74, 6) is -0.125. The zero-order valence-electron chi connectivity index (χ0n) is 24.7. The largest absolute Gasteiger partial charge is 0.497 e. The van der Waals surface area contributed by atoms with Crippen molar-refractivity contribution in [3.8, 4) is 11.5 Å². The molecular weight excluding hydrogens is 634 g/mol. The molecule has 0 aromatic heterocycles. The van der Waals surface area contributed by atoms with Gasteiger partial charge in [-0.1, -0.05) is 71.2 Å². The van der Waals surface area contributed by atoms with Crippen molar-refractivity contribution in [1.82, 2.24) is 10.2 Å². The standard InChI is InChI=1S/C32H38BrN3O6S/c1-41-27-16-17-30(42-2)28(20-27)36(43(3,39)40)22-31(37)35(21-24-12-9-13-25(33)18-24)29(19-23-10-5-4-6-11-23)32(38)34-26-14-7-8-15-26/h4-6,9-13,16-18,20,26,29H,7-8,14-15,19,21-22H2,1-3H3,(H,34,38)/t29-/m0/s1. The Bertz CT molecular complexity index is 1510.